The number of halogens is 2. The van der Waals surface area contributed by atoms with Crippen LogP contribution >= 0.6 is 35.6 Å². The Morgan fingerprint density at radius 1 is 1.28 bits per heavy atom. The molecule has 2 aliphatic rings. The standard InChI is InChI=1S/C20H30ClN5O2.HI/c1-3-22-20(23-13-15-4-5-16(21)12-18(15)28-2)26-10-8-25(9-11-26)14-19(27)24-17-6-7-17;/h4-5,12,17H,3,6-11,13-14H2,1-2H3,(H,22,23)(H,24,27);1H. The molecule has 3 rings (SSSR count). The molecule has 1 aromatic rings. The molecule has 1 aliphatic heterocycles. The van der Waals surface area contributed by atoms with Crippen LogP contribution < -0.4 is 15.4 Å². The number of carbonyl (C=O) groups is 1. The summed E-state index contributed by atoms with van der Waals surface area (Å²) in [6.45, 7) is 7.28. The summed E-state index contributed by atoms with van der Waals surface area (Å²) in [6.07, 6.45) is 2.25. The Hall–Kier alpha value is -1.26. The maximum Gasteiger partial charge on any atom is 0.234 e. The van der Waals surface area contributed by atoms with Crippen molar-refractivity contribution < 1.29 is 9.53 Å². The zero-order chi connectivity index (χ0) is 19.9. The molecular weight excluding hydrogens is 505 g/mol. The second-order valence-corrected chi connectivity index (χ2v) is 7.67. The van der Waals surface area contributed by atoms with Crippen LogP contribution in [-0.2, 0) is 11.3 Å². The first kappa shape index (κ1) is 24.0. The third kappa shape index (κ3) is 7.49. The second kappa shape index (κ2) is 11.8. The first-order valence-corrected chi connectivity index (χ1v) is 10.3. The lowest BCUT2D eigenvalue weighted by Crippen LogP contribution is -2.54. The van der Waals surface area contributed by atoms with Crippen LogP contribution in [0.25, 0.3) is 0 Å². The van der Waals surface area contributed by atoms with Gasteiger partial charge in [-0.15, -0.1) is 24.0 Å². The highest BCUT2D eigenvalue weighted by Crippen LogP contribution is 2.24. The van der Waals surface area contributed by atoms with Crippen LogP contribution in [0.5, 0.6) is 5.75 Å². The fraction of sp³-hybridized carbons (Fsp3) is 0.600. The number of guanidine groups is 1. The van der Waals surface area contributed by atoms with E-state index in [1.807, 2.05) is 18.2 Å². The molecule has 1 amide bonds. The Balaban J connectivity index is 0.00000300. The molecule has 0 radical (unpaired) electrons. The monoisotopic (exact) mass is 535 g/mol. The molecule has 1 saturated heterocycles. The summed E-state index contributed by atoms with van der Waals surface area (Å²) >= 11 is 6.04. The minimum Gasteiger partial charge on any atom is -0.496 e. The molecule has 0 aromatic heterocycles. The number of rotatable bonds is 7. The normalized spacial score (nSPS) is 17.5. The van der Waals surface area contributed by atoms with Crippen molar-refractivity contribution >= 4 is 47.4 Å². The summed E-state index contributed by atoms with van der Waals surface area (Å²) in [7, 11) is 1.64. The van der Waals surface area contributed by atoms with Crippen LogP contribution in [0.2, 0.25) is 5.02 Å². The van der Waals surface area contributed by atoms with E-state index in [-0.39, 0.29) is 29.9 Å². The Morgan fingerprint density at radius 2 is 2.00 bits per heavy atom. The Morgan fingerprint density at radius 3 is 2.62 bits per heavy atom. The van der Waals surface area contributed by atoms with E-state index in [4.69, 9.17) is 21.3 Å². The first-order valence-electron chi connectivity index (χ1n) is 9.96. The highest BCUT2D eigenvalue weighted by Gasteiger charge is 2.25. The largest absolute Gasteiger partial charge is 0.496 e. The smallest absolute Gasteiger partial charge is 0.234 e. The molecule has 2 N–H and O–H groups in total. The number of hydrogen-bond donors (Lipinski definition) is 2. The fourth-order valence-electron chi connectivity index (χ4n) is 3.26. The molecule has 0 bridgehead atoms. The lowest BCUT2D eigenvalue weighted by atomic mass is 10.2. The molecule has 9 heteroatoms. The molecule has 1 aromatic carbocycles. The summed E-state index contributed by atoms with van der Waals surface area (Å²) in [4.78, 5) is 21.2. The van der Waals surface area contributed by atoms with Crippen molar-refractivity contribution in [3.63, 3.8) is 0 Å². The summed E-state index contributed by atoms with van der Waals surface area (Å²) in [5.41, 5.74) is 0.998. The van der Waals surface area contributed by atoms with E-state index >= 15 is 0 Å². The molecule has 0 spiro atoms. The van der Waals surface area contributed by atoms with E-state index in [0.29, 0.717) is 24.2 Å². The Kier molecular flexibility index (Phi) is 9.78. The van der Waals surface area contributed by atoms with Gasteiger partial charge in [-0.1, -0.05) is 17.7 Å². The Bertz CT molecular complexity index is 706. The number of benzene rings is 1. The molecule has 2 fully saturated rings. The summed E-state index contributed by atoms with van der Waals surface area (Å²) in [5.74, 6) is 1.78. The maximum atomic E-state index is 12.0. The first-order chi connectivity index (χ1) is 13.6. The highest BCUT2D eigenvalue weighted by atomic mass is 127. The average molecular weight is 536 g/mol. The molecule has 1 heterocycles. The minimum absolute atomic E-state index is 0. The van der Waals surface area contributed by atoms with Crippen molar-refractivity contribution in [1.82, 2.24) is 20.4 Å². The van der Waals surface area contributed by atoms with Gasteiger partial charge in [0.15, 0.2) is 5.96 Å². The van der Waals surface area contributed by atoms with Crippen molar-refractivity contribution in [3.05, 3.63) is 28.8 Å². The fourth-order valence-corrected chi connectivity index (χ4v) is 3.42. The van der Waals surface area contributed by atoms with E-state index < -0.39 is 0 Å². The number of hydrogen-bond acceptors (Lipinski definition) is 4. The van der Waals surface area contributed by atoms with Crippen LogP contribution in [0.1, 0.15) is 25.3 Å². The topological polar surface area (TPSA) is 69.2 Å². The van der Waals surface area contributed by atoms with Crippen molar-refractivity contribution in [1.29, 1.82) is 0 Å². The van der Waals surface area contributed by atoms with Gasteiger partial charge < -0.3 is 20.3 Å². The molecular formula is C20H31ClIN5O2. The quantitative estimate of drug-likeness (QED) is 0.319. The number of aliphatic imine (C=N–C) groups is 1. The van der Waals surface area contributed by atoms with Crippen LogP contribution in [0.3, 0.4) is 0 Å². The predicted octanol–water partition coefficient (Wildman–Crippen LogP) is 2.33. The van der Waals surface area contributed by atoms with Gasteiger partial charge in [0.25, 0.3) is 0 Å². The van der Waals surface area contributed by atoms with E-state index in [2.05, 4.69) is 27.4 Å². The molecule has 29 heavy (non-hydrogen) atoms. The number of piperazine rings is 1. The van der Waals surface area contributed by atoms with Crippen LogP contribution in [-0.4, -0.2) is 74.1 Å². The van der Waals surface area contributed by atoms with Crippen molar-refractivity contribution in [2.45, 2.75) is 32.4 Å². The number of ether oxygens (including phenoxy) is 1. The maximum absolute atomic E-state index is 12.0. The van der Waals surface area contributed by atoms with Gasteiger partial charge in [-0.2, -0.15) is 0 Å². The van der Waals surface area contributed by atoms with Gasteiger partial charge in [0, 0.05) is 49.4 Å². The third-order valence-electron chi connectivity index (χ3n) is 4.96. The van der Waals surface area contributed by atoms with E-state index in [9.17, 15) is 4.79 Å². The van der Waals surface area contributed by atoms with Crippen LogP contribution in [0, 0.1) is 0 Å². The van der Waals surface area contributed by atoms with E-state index in [0.717, 1.165) is 62.8 Å². The van der Waals surface area contributed by atoms with E-state index in [1.54, 1.807) is 7.11 Å². The van der Waals surface area contributed by atoms with Crippen LogP contribution in [0.4, 0.5) is 0 Å². The van der Waals surface area contributed by atoms with Gasteiger partial charge in [-0.3, -0.25) is 9.69 Å². The van der Waals surface area contributed by atoms with E-state index in [1.165, 1.54) is 0 Å². The second-order valence-electron chi connectivity index (χ2n) is 7.23. The average Bonchev–Trinajstić information content (AvgIpc) is 3.50. The minimum atomic E-state index is 0. The molecule has 162 valence electrons. The lowest BCUT2D eigenvalue weighted by molar-refractivity contribution is -0.122. The molecule has 1 saturated carbocycles. The number of amides is 1. The van der Waals surface area contributed by atoms with Crippen molar-refractivity contribution in [3.8, 4) is 5.75 Å². The van der Waals surface area contributed by atoms with Gasteiger partial charge in [0.1, 0.15) is 5.75 Å². The number of methoxy groups -OCH3 is 1. The van der Waals surface area contributed by atoms with Gasteiger partial charge in [-0.25, -0.2) is 4.99 Å². The Labute approximate surface area is 195 Å². The number of nitrogens with one attached hydrogen (secondary N) is 2. The molecule has 7 nitrogen and oxygen atoms in total. The predicted molar refractivity (Wildman–Crippen MR) is 127 cm³/mol. The number of carbonyl (C=O) groups excluding carboxylic acids is 1. The zero-order valence-electron chi connectivity index (χ0n) is 17.1. The third-order valence-corrected chi connectivity index (χ3v) is 5.20. The summed E-state index contributed by atoms with van der Waals surface area (Å²) in [5, 5.41) is 7.08. The molecule has 0 atom stereocenters. The highest BCUT2D eigenvalue weighted by molar-refractivity contribution is 14.0. The van der Waals surface area contributed by atoms with Gasteiger partial charge in [0.2, 0.25) is 5.91 Å². The van der Waals surface area contributed by atoms with Gasteiger partial charge in [-0.05, 0) is 31.9 Å². The summed E-state index contributed by atoms with van der Waals surface area (Å²) < 4.78 is 5.41. The van der Waals surface area contributed by atoms with Crippen molar-refractivity contribution in [2.24, 2.45) is 4.99 Å². The zero-order valence-corrected chi connectivity index (χ0v) is 20.2. The number of nitrogens with zero attached hydrogens (tertiary/aromatic N) is 3. The van der Waals surface area contributed by atoms with Gasteiger partial charge in [0.05, 0.1) is 20.2 Å². The molecule has 0 unspecified atom stereocenters. The van der Waals surface area contributed by atoms with Crippen LogP contribution in [0.15, 0.2) is 23.2 Å². The lowest BCUT2D eigenvalue weighted by Gasteiger charge is -2.36. The molecule has 1 aliphatic carbocycles. The van der Waals surface area contributed by atoms with Crippen molar-refractivity contribution in [2.75, 3.05) is 46.4 Å². The van der Waals surface area contributed by atoms with Gasteiger partial charge >= 0.3 is 0 Å². The SMILES string of the molecule is CCNC(=NCc1ccc(Cl)cc1OC)N1CCN(CC(=O)NC2CC2)CC1.I. The summed E-state index contributed by atoms with van der Waals surface area (Å²) in [6, 6.07) is 6.04.